The molecule has 0 atom stereocenters. The smallest absolute Gasteiger partial charge is 0.126 e. The van der Waals surface area contributed by atoms with Crippen LogP contribution in [0.2, 0.25) is 0 Å². The van der Waals surface area contributed by atoms with Gasteiger partial charge in [-0.25, -0.2) is 0 Å². The molecule has 0 aliphatic rings. The van der Waals surface area contributed by atoms with Gasteiger partial charge in [0, 0.05) is 5.56 Å². The molecule has 0 bridgehead atoms. The summed E-state index contributed by atoms with van der Waals surface area (Å²) in [6.45, 7) is 4.35. The molecule has 0 aliphatic carbocycles. The van der Waals surface area contributed by atoms with Crippen molar-refractivity contribution in [2.75, 3.05) is 0 Å². The minimum Gasteiger partial charge on any atom is -0.364 e. The highest BCUT2D eigenvalue weighted by Gasteiger charge is 1.97. The zero-order valence-corrected chi connectivity index (χ0v) is 5.79. The van der Waals surface area contributed by atoms with Crippen LogP contribution in [0.1, 0.15) is 19.4 Å². The van der Waals surface area contributed by atoms with Gasteiger partial charge in [0.2, 0.25) is 0 Å². The van der Waals surface area contributed by atoms with Crippen LogP contribution in [0.3, 0.4) is 0 Å². The second-order valence-corrected chi connectivity index (χ2v) is 2.63. The second kappa shape index (κ2) is 2.67. The van der Waals surface area contributed by atoms with Gasteiger partial charge in [0.25, 0.3) is 0 Å². The van der Waals surface area contributed by atoms with Crippen molar-refractivity contribution in [3.63, 3.8) is 0 Å². The van der Waals surface area contributed by atoms with Gasteiger partial charge in [-0.2, -0.15) is 0 Å². The Hall–Kier alpha value is -0.790. The van der Waals surface area contributed by atoms with E-state index >= 15 is 0 Å². The molecular formula is C7H11NO. The van der Waals surface area contributed by atoms with Crippen LogP contribution in [0.5, 0.6) is 0 Å². The van der Waals surface area contributed by atoms with Crippen LogP contribution in [0.25, 0.3) is 0 Å². The molecule has 1 aromatic heterocycles. The van der Waals surface area contributed by atoms with E-state index < -0.39 is 0 Å². The molecule has 9 heavy (non-hydrogen) atoms. The molecule has 0 aliphatic heterocycles. The lowest BCUT2D eigenvalue weighted by Crippen LogP contribution is -1.90. The Morgan fingerprint density at radius 2 is 2.44 bits per heavy atom. The van der Waals surface area contributed by atoms with Gasteiger partial charge >= 0.3 is 0 Å². The predicted octanol–water partition coefficient (Wildman–Crippen LogP) is 1.87. The third kappa shape index (κ3) is 1.88. The van der Waals surface area contributed by atoms with Crippen molar-refractivity contribution < 1.29 is 4.52 Å². The van der Waals surface area contributed by atoms with E-state index in [2.05, 4.69) is 23.5 Å². The van der Waals surface area contributed by atoms with Crippen LogP contribution in [0.15, 0.2) is 17.0 Å². The lowest BCUT2D eigenvalue weighted by molar-refractivity contribution is 0.418. The Morgan fingerprint density at radius 1 is 1.67 bits per heavy atom. The SMILES string of the molecule is CC(C)Cc1cnoc1. The molecule has 50 valence electrons. The van der Waals surface area contributed by atoms with Crippen LogP contribution in [-0.2, 0) is 6.42 Å². The van der Waals surface area contributed by atoms with Crippen molar-refractivity contribution in [2.45, 2.75) is 20.3 Å². The Morgan fingerprint density at radius 3 is 2.89 bits per heavy atom. The Bertz CT molecular complexity index is 155. The summed E-state index contributed by atoms with van der Waals surface area (Å²) in [5.41, 5.74) is 1.19. The van der Waals surface area contributed by atoms with Crippen LogP contribution >= 0.6 is 0 Å². The molecule has 0 saturated heterocycles. The lowest BCUT2D eigenvalue weighted by atomic mass is 10.1. The standard InChI is InChI=1S/C7H11NO/c1-6(2)3-7-4-8-9-5-7/h4-6H,3H2,1-2H3. The topological polar surface area (TPSA) is 26.0 Å². The first kappa shape index (κ1) is 6.33. The van der Waals surface area contributed by atoms with Crippen LogP contribution in [0.4, 0.5) is 0 Å². The van der Waals surface area contributed by atoms with E-state index in [1.165, 1.54) is 5.56 Å². The van der Waals surface area contributed by atoms with E-state index in [0.29, 0.717) is 5.92 Å². The number of rotatable bonds is 2. The number of aromatic nitrogens is 1. The first-order chi connectivity index (χ1) is 4.29. The summed E-state index contributed by atoms with van der Waals surface area (Å²) in [6, 6.07) is 0. The molecule has 2 heteroatoms. The highest BCUT2D eigenvalue weighted by molar-refractivity contribution is 5.00. The molecule has 0 N–H and O–H groups in total. The molecule has 0 fully saturated rings. The quantitative estimate of drug-likeness (QED) is 0.603. The first-order valence-corrected chi connectivity index (χ1v) is 3.17. The van der Waals surface area contributed by atoms with Gasteiger partial charge in [-0.05, 0) is 12.3 Å². The Labute approximate surface area is 54.9 Å². The van der Waals surface area contributed by atoms with E-state index in [0.717, 1.165) is 6.42 Å². The van der Waals surface area contributed by atoms with E-state index in [-0.39, 0.29) is 0 Å². The van der Waals surface area contributed by atoms with Crippen molar-refractivity contribution in [3.8, 4) is 0 Å². The monoisotopic (exact) mass is 125 g/mol. The fraction of sp³-hybridized carbons (Fsp3) is 0.571. The predicted molar refractivity (Wildman–Crippen MR) is 35.0 cm³/mol. The Balaban J connectivity index is 2.48. The maximum atomic E-state index is 4.67. The van der Waals surface area contributed by atoms with E-state index in [1.807, 2.05) is 0 Å². The number of hydrogen-bond donors (Lipinski definition) is 0. The highest BCUT2D eigenvalue weighted by Crippen LogP contribution is 2.05. The average Bonchev–Trinajstić information content (AvgIpc) is 2.15. The van der Waals surface area contributed by atoms with Gasteiger partial charge in [-0.1, -0.05) is 19.0 Å². The molecule has 1 aromatic rings. The molecule has 2 nitrogen and oxygen atoms in total. The normalized spacial score (nSPS) is 10.6. The summed E-state index contributed by atoms with van der Waals surface area (Å²) in [4.78, 5) is 0. The van der Waals surface area contributed by atoms with Crippen molar-refractivity contribution in [1.29, 1.82) is 0 Å². The van der Waals surface area contributed by atoms with E-state index in [4.69, 9.17) is 0 Å². The number of hydrogen-bond acceptors (Lipinski definition) is 2. The molecule has 0 amide bonds. The maximum absolute atomic E-state index is 4.67. The molecule has 1 heterocycles. The third-order valence-electron chi connectivity index (χ3n) is 1.13. The summed E-state index contributed by atoms with van der Waals surface area (Å²) in [5, 5.41) is 3.60. The van der Waals surface area contributed by atoms with E-state index in [9.17, 15) is 0 Å². The third-order valence-corrected chi connectivity index (χ3v) is 1.13. The minimum absolute atomic E-state index is 0.685. The molecule has 0 radical (unpaired) electrons. The van der Waals surface area contributed by atoms with Gasteiger partial charge in [-0.3, -0.25) is 0 Å². The van der Waals surface area contributed by atoms with Gasteiger partial charge in [0.05, 0.1) is 6.20 Å². The molecule has 0 unspecified atom stereocenters. The fourth-order valence-corrected chi connectivity index (χ4v) is 0.799. The van der Waals surface area contributed by atoms with Crippen LogP contribution in [0, 0.1) is 5.92 Å². The van der Waals surface area contributed by atoms with Crippen molar-refractivity contribution in [2.24, 2.45) is 5.92 Å². The van der Waals surface area contributed by atoms with Gasteiger partial charge in [-0.15, -0.1) is 0 Å². The fourth-order valence-electron chi connectivity index (χ4n) is 0.799. The second-order valence-electron chi connectivity index (χ2n) is 2.63. The molecule has 0 aromatic carbocycles. The molecule has 0 saturated carbocycles. The van der Waals surface area contributed by atoms with Gasteiger partial charge in [0.1, 0.15) is 6.26 Å². The van der Waals surface area contributed by atoms with Gasteiger partial charge < -0.3 is 4.52 Å². The van der Waals surface area contributed by atoms with Crippen molar-refractivity contribution in [3.05, 3.63) is 18.0 Å². The van der Waals surface area contributed by atoms with Crippen molar-refractivity contribution >= 4 is 0 Å². The van der Waals surface area contributed by atoms with E-state index in [1.54, 1.807) is 12.5 Å². The first-order valence-electron chi connectivity index (χ1n) is 3.17. The molecule has 0 spiro atoms. The van der Waals surface area contributed by atoms with Crippen LogP contribution < -0.4 is 0 Å². The summed E-state index contributed by atoms with van der Waals surface area (Å²) < 4.78 is 4.67. The van der Waals surface area contributed by atoms with Crippen LogP contribution in [-0.4, -0.2) is 5.16 Å². The zero-order valence-electron chi connectivity index (χ0n) is 5.79. The zero-order chi connectivity index (χ0) is 6.69. The molecule has 1 rings (SSSR count). The van der Waals surface area contributed by atoms with Gasteiger partial charge in [0.15, 0.2) is 0 Å². The lowest BCUT2D eigenvalue weighted by Gasteiger charge is -1.97. The number of nitrogens with zero attached hydrogens (tertiary/aromatic N) is 1. The summed E-state index contributed by atoms with van der Waals surface area (Å²) >= 11 is 0. The van der Waals surface area contributed by atoms with Crippen molar-refractivity contribution in [1.82, 2.24) is 5.16 Å². The largest absolute Gasteiger partial charge is 0.364 e. The highest BCUT2D eigenvalue weighted by atomic mass is 16.5. The Kier molecular flexibility index (Phi) is 1.88. The molecular weight excluding hydrogens is 114 g/mol. The summed E-state index contributed by atoms with van der Waals surface area (Å²) in [6.07, 6.45) is 4.52. The summed E-state index contributed by atoms with van der Waals surface area (Å²) in [7, 11) is 0. The maximum Gasteiger partial charge on any atom is 0.126 e. The average molecular weight is 125 g/mol. The summed E-state index contributed by atoms with van der Waals surface area (Å²) in [5.74, 6) is 0.685. The minimum atomic E-state index is 0.685.